The van der Waals surface area contributed by atoms with Gasteiger partial charge in [-0.15, -0.1) is 0 Å². The van der Waals surface area contributed by atoms with Crippen molar-refractivity contribution < 1.29 is 18.4 Å². The number of amides is 2. The Kier molecular flexibility index (Phi) is 3.24. The van der Waals surface area contributed by atoms with Gasteiger partial charge in [0.2, 0.25) is 11.8 Å². The Bertz CT molecular complexity index is 488. The predicted octanol–water partition coefficient (Wildman–Crippen LogP) is 2.38. The molecule has 1 heterocycles. The number of imide groups is 1. The summed E-state index contributed by atoms with van der Waals surface area (Å²) in [5.41, 5.74) is -0.275. The van der Waals surface area contributed by atoms with E-state index in [0.29, 0.717) is 0 Å². The molecule has 2 rings (SSSR count). The average molecular weight is 304 g/mol. The van der Waals surface area contributed by atoms with E-state index in [2.05, 4.69) is 15.9 Å². The fourth-order valence-corrected chi connectivity index (χ4v) is 2.04. The van der Waals surface area contributed by atoms with E-state index in [9.17, 15) is 18.4 Å². The Labute approximate surface area is 105 Å². The molecule has 1 fully saturated rings. The summed E-state index contributed by atoms with van der Waals surface area (Å²) in [7, 11) is 0. The monoisotopic (exact) mass is 303 g/mol. The lowest BCUT2D eigenvalue weighted by molar-refractivity contribution is -0.139. The van der Waals surface area contributed by atoms with Crippen LogP contribution in [0.2, 0.25) is 0 Å². The number of hydrogen-bond acceptors (Lipinski definition) is 2. The second-order valence-electron chi connectivity index (χ2n) is 3.70. The van der Waals surface area contributed by atoms with Gasteiger partial charge < -0.3 is 0 Å². The van der Waals surface area contributed by atoms with Gasteiger partial charge in [-0.3, -0.25) is 14.5 Å². The normalized spacial score (nSPS) is 15.8. The highest BCUT2D eigenvalue weighted by atomic mass is 79.9. The molecule has 1 aromatic carbocycles. The van der Waals surface area contributed by atoms with Crippen LogP contribution >= 0.6 is 15.9 Å². The molecule has 1 aliphatic rings. The molecular weight excluding hydrogens is 296 g/mol. The van der Waals surface area contributed by atoms with E-state index in [-0.39, 0.29) is 29.4 Å². The number of hydrogen-bond donors (Lipinski definition) is 0. The molecule has 2 amide bonds. The minimum atomic E-state index is -0.780. The first-order valence-corrected chi connectivity index (χ1v) is 5.75. The molecule has 0 bridgehead atoms. The lowest BCUT2D eigenvalue weighted by Gasteiger charge is -2.15. The van der Waals surface area contributed by atoms with Crippen molar-refractivity contribution in [2.24, 2.45) is 0 Å². The van der Waals surface area contributed by atoms with Crippen molar-refractivity contribution in [2.45, 2.75) is 19.4 Å². The molecule has 6 heteroatoms. The molecule has 17 heavy (non-hydrogen) atoms. The summed E-state index contributed by atoms with van der Waals surface area (Å²) in [5.74, 6) is -2.33. The Morgan fingerprint density at radius 2 is 1.76 bits per heavy atom. The van der Waals surface area contributed by atoms with Gasteiger partial charge in [-0.2, -0.15) is 0 Å². The van der Waals surface area contributed by atoms with Gasteiger partial charge in [-0.05, 0) is 28.1 Å². The van der Waals surface area contributed by atoms with Crippen molar-refractivity contribution in [1.29, 1.82) is 0 Å². The minimum absolute atomic E-state index is 0.105. The average Bonchev–Trinajstić information content (AvgIpc) is 2.60. The van der Waals surface area contributed by atoms with Crippen molar-refractivity contribution in [1.82, 2.24) is 4.90 Å². The van der Waals surface area contributed by atoms with Crippen molar-refractivity contribution in [2.75, 3.05) is 0 Å². The zero-order valence-corrected chi connectivity index (χ0v) is 10.3. The molecular formula is C11H8BrF2NO2. The molecule has 0 radical (unpaired) electrons. The van der Waals surface area contributed by atoms with Crippen LogP contribution in [-0.2, 0) is 16.1 Å². The van der Waals surface area contributed by atoms with Crippen LogP contribution in [0.4, 0.5) is 8.78 Å². The van der Waals surface area contributed by atoms with E-state index in [1.807, 2.05) is 0 Å². The van der Waals surface area contributed by atoms with Crippen LogP contribution in [0.1, 0.15) is 18.4 Å². The number of carbonyl (C=O) groups is 2. The topological polar surface area (TPSA) is 37.4 Å². The van der Waals surface area contributed by atoms with Crippen LogP contribution in [0.25, 0.3) is 0 Å². The SMILES string of the molecule is O=C1CCC(=O)N1Cc1c(F)ccc(Br)c1F. The second-order valence-corrected chi connectivity index (χ2v) is 4.55. The summed E-state index contributed by atoms with van der Waals surface area (Å²) < 4.78 is 27.2. The van der Waals surface area contributed by atoms with Gasteiger partial charge in [0.05, 0.1) is 11.0 Å². The van der Waals surface area contributed by atoms with Gasteiger partial charge in [-0.1, -0.05) is 0 Å². The number of rotatable bonds is 2. The molecule has 0 spiro atoms. The maximum Gasteiger partial charge on any atom is 0.230 e. The number of carbonyl (C=O) groups excluding carboxylic acids is 2. The summed E-state index contributed by atoms with van der Waals surface area (Å²) in [5, 5.41) is 0. The van der Waals surface area contributed by atoms with Crippen molar-refractivity contribution >= 4 is 27.7 Å². The maximum absolute atomic E-state index is 13.6. The third-order valence-corrected chi connectivity index (χ3v) is 3.22. The first-order chi connectivity index (χ1) is 8.00. The third-order valence-electron chi connectivity index (χ3n) is 2.61. The number of halogens is 3. The number of benzene rings is 1. The van der Waals surface area contributed by atoms with Gasteiger partial charge in [0.25, 0.3) is 0 Å². The predicted molar refractivity (Wildman–Crippen MR) is 58.8 cm³/mol. The number of nitrogens with zero attached hydrogens (tertiary/aromatic N) is 1. The van der Waals surface area contributed by atoms with Gasteiger partial charge >= 0.3 is 0 Å². The van der Waals surface area contributed by atoms with Gasteiger partial charge in [-0.25, -0.2) is 8.78 Å². The summed E-state index contributed by atoms with van der Waals surface area (Å²) >= 11 is 2.93. The highest BCUT2D eigenvalue weighted by Crippen LogP contribution is 2.24. The van der Waals surface area contributed by atoms with Crippen molar-refractivity contribution in [3.63, 3.8) is 0 Å². The van der Waals surface area contributed by atoms with Crippen LogP contribution in [0.5, 0.6) is 0 Å². The fourth-order valence-electron chi connectivity index (χ4n) is 1.67. The summed E-state index contributed by atoms with van der Waals surface area (Å²) in [4.78, 5) is 23.6. The Balaban J connectivity index is 2.33. The molecule has 0 atom stereocenters. The van der Waals surface area contributed by atoms with Crippen LogP contribution in [-0.4, -0.2) is 16.7 Å². The number of likely N-dealkylation sites (tertiary alicyclic amines) is 1. The van der Waals surface area contributed by atoms with Crippen LogP contribution in [0.15, 0.2) is 16.6 Å². The minimum Gasteiger partial charge on any atom is -0.278 e. The van der Waals surface area contributed by atoms with E-state index in [4.69, 9.17) is 0 Å². The van der Waals surface area contributed by atoms with E-state index >= 15 is 0 Å². The van der Waals surface area contributed by atoms with E-state index in [1.165, 1.54) is 6.07 Å². The quantitative estimate of drug-likeness (QED) is 0.621. The maximum atomic E-state index is 13.6. The lowest BCUT2D eigenvalue weighted by Crippen LogP contribution is -2.29. The van der Waals surface area contributed by atoms with Crippen LogP contribution in [0, 0.1) is 11.6 Å². The highest BCUT2D eigenvalue weighted by Gasteiger charge is 2.30. The Morgan fingerprint density at radius 3 is 2.35 bits per heavy atom. The van der Waals surface area contributed by atoms with E-state index < -0.39 is 23.4 Å². The molecule has 0 N–H and O–H groups in total. The molecule has 0 unspecified atom stereocenters. The standard InChI is InChI=1S/C11H8BrF2NO2/c12-7-1-2-8(13)6(11(7)14)5-15-9(16)3-4-10(15)17/h1-2H,3-5H2. The Hall–Kier alpha value is -1.30. The van der Waals surface area contributed by atoms with Crippen molar-refractivity contribution in [3.8, 4) is 0 Å². The lowest BCUT2D eigenvalue weighted by atomic mass is 10.2. The third kappa shape index (κ3) is 2.22. The van der Waals surface area contributed by atoms with Gasteiger partial charge in [0.1, 0.15) is 11.6 Å². The molecule has 0 aliphatic carbocycles. The molecule has 1 aliphatic heterocycles. The smallest absolute Gasteiger partial charge is 0.230 e. The van der Waals surface area contributed by atoms with Crippen molar-refractivity contribution in [3.05, 3.63) is 33.8 Å². The van der Waals surface area contributed by atoms with Crippen LogP contribution < -0.4 is 0 Å². The van der Waals surface area contributed by atoms with E-state index in [0.717, 1.165) is 11.0 Å². The molecule has 0 saturated carbocycles. The molecule has 0 aromatic heterocycles. The summed E-state index contributed by atoms with van der Waals surface area (Å²) in [6.07, 6.45) is 0.214. The van der Waals surface area contributed by atoms with Crippen LogP contribution in [0.3, 0.4) is 0 Å². The molecule has 90 valence electrons. The van der Waals surface area contributed by atoms with Gasteiger partial charge in [0.15, 0.2) is 0 Å². The second kappa shape index (κ2) is 4.52. The van der Waals surface area contributed by atoms with Gasteiger partial charge in [0, 0.05) is 18.4 Å². The zero-order chi connectivity index (χ0) is 12.6. The first kappa shape index (κ1) is 12.2. The molecule has 3 nitrogen and oxygen atoms in total. The first-order valence-electron chi connectivity index (χ1n) is 4.96. The van der Waals surface area contributed by atoms with E-state index in [1.54, 1.807) is 0 Å². The zero-order valence-electron chi connectivity index (χ0n) is 8.67. The summed E-state index contributed by atoms with van der Waals surface area (Å²) in [6.45, 7) is -0.352. The summed E-state index contributed by atoms with van der Waals surface area (Å²) in [6, 6.07) is 2.33. The fraction of sp³-hybridized carbons (Fsp3) is 0.273. The largest absolute Gasteiger partial charge is 0.278 e. The molecule has 1 saturated heterocycles. The molecule has 1 aromatic rings. The highest BCUT2D eigenvalue weighted by molar-refractivity contribution is 9.10. The Morgan fingerprint density at radius 1 is 1.18 bits per heavy atom.